The Balaban J connectivity index is 2.16. The average Bonchev–Trinajstić information content (AvgIpc) is 2.72. The van der Waals surface area contributed by atoms with Crippen LogP contribution in [0.5, 0.6) is 0 Å². The number of hydrogen-bond donors (Lipinski definition) is 2. The van der Waals surface area contributed by atoms with Gasteiger partial charge in [-0.25, -0.2) is 4.98 Å². The fourth-order valence-electron chi connectivity index (χ4n) is 1.16. The van der Waals surface area contributed by atoms with Gasteiger partial charge in [-0.05, 0) is 13.3 Å². The minimum atomic E-state index is -0.497. The van der Waals surface area contributed by atoms with Gasteiger partial charge in [0.1, 0.15) is 6.26 Å². The molecule has 0 aliphatic rings. The quantitative estimate of drug-likeness (QED) is 0.319. The van der Waals surface area contributed by atoms with Gasteiger partial charge in [0.25, 0.3) is 11.4 Å². The maximum Gasteiger partial charge on any atom is 0.274 e. The Kier molecular flexibility index (Phi) is 6.06. The molecule has 2 N–H and O–H groups in total. The van der Waals surface area contributed by atoms with Gasteiger partial charge in [-0.1, -0.05) is 11.8 Å². The maximum absolute atomic E-state index is 10.3. The van der Waals surface area contributed by atoms with Crippen molar-refractivity contribution in [3.63, 3.8) is 0 Å². The van der Waals surface area contributed by atoms with Crippen molar-refractivity contribution in [3.8, 4) is 0 Å². The molecule has 18 heavy (non-hydrogen) atoms. The Labute approximate surface area is 109 Å². The molecule has 0 aliphatic heterocycles. The summed E-state index contributed by atoms with van der Waals surface area (Å²) in [7, 11) is 1.63. The molecule has 0 spiro atoms. The Morgan fingerprint density at radius 1 is 1.72 bits per heavy atom. The first-order chi connectivity index (χ1) is 8.61. The lowest BCUT2D eigenvalue weighted by Gasteiger charge is -2.06. The number of aromatic nitrogens is 1. The normalized spacial score (nSPS) is 11.3. The van der Waals surface area contributed by atoms with E-state index in [1.54, 1.807) is 13.3 Å². The van der Waals surface area contributed by atoms with E-state index in [-0.39, 0.29) is 0 Å². The van der Waals surface area contributed by atoms with Crippen LogP contribution in [-0.2, 0) is 0 Å². The molecular weight excluding hydrogens is 256 g/mol. The zero-order chi connectivity index (χ0) is 13.4. The van der Waals surface area contributed by atoms with Crippen LogP contribution in [0.15, 0.2) is 27.9 Å². The first kappa shape index (κ1) is 14.4. The first-order valence-corrected chi connectivity index (χ1v) is 6.42. The maximum atomic E-state index is 10.3. The zero-order valence-corrected chi connectivity index (χ0v) is 11.1. The van der Waals surface area contributed by atoms with Crippen molar-refractivity contribution in [2.45, 2.75) is 18.6 Å². The third-order valence-corrected chi connectivity index (χ3v) is 2.89. The molecule has 0 bridgehead atoms. The van der Waals surface area contributed by atoms with Crippen LogP contribution in [0, 0.1) is 17.0 Å². The number of hydrogen-bond acceptors (Lipinski definition) is 7. The molecule has 8 heteroatoms. The largest absolute Gasteiger partial charge is 0.440 e. The average molecular weight is 272 g/mol. The van der Waals surface area contributed by atoms with Crippen LogP contribution < -0.4 is 10.6 Å². The van der Waals surface area contributed by atoms with Crippen LogP contribution in [-0.4, -0.2) is 29.3 Å². The summed E-state index contributed by atoms with van der Waals surface area (Å²) in [6.45, 7) is 2.52. The molecule has 1 aromatic heterocycles. The van der Waals surface area contributed by atoms with Gasteiger partial charge < -0.3 is 15.1 Å². The van der Waals surface area contributed by atoms with Gasteiger partial charge in [0, 0.05) is 19.3 Å². The van der Waals surface area contributed by atoms with Crippen molar-refractivity contribution in [3.05, 3.63) is 34.1 Å². The molecule has 1 heterocycles. The van der Waals surface area contributed by atoms with Crippen molar-refractivity contribution in [2.75, 3.05) is 19.3 Å². The van der Waals surface area contributed by atoms with E-state index in [0.717, 1.165) is 24.1 Å². The molecule has 0 saturated heterocycles. The minimum absolute atomic E-state index is 0.400. The molecule has 100 valence electrons. The number of oxazole rings is 1. The van der Waals surface area contributed by atoms with Crippen LogP contribution in [0.3, 0.4) is 0 Å². The van der Waals surface area contributed by atoms with Gasteiger partial charge in [-0.15, -0.1) is 0 Å². The number of nitrogens with zero attached hydrogens (tertiary/aromatic N) is 2. The van der Waals surface area contributed by atoms with Gasteiger partial charge in [-0.3, -0.25) is 10.1 Å². The van der Waals surface area contributed by atoms with E-state index < -0.39 is 4.92 Å². The molecule has 0 aliphatic carbocycles. The first-order valence-electron chi connectivity index (χ1n) is 5.43. The summed E-state index contributed by atoms with van der Waals surface area (Å²) in [5, 5.41) is 16.6. The highest BCUT2D eigenvalue weighted by Gasteiger charge is 2.02. The standard InChI is InChI=1S/C10H16N4O3S/c1-8-7-17-10(13-8)18-5-3-4-12-9(11-2)6-14(15)16/h6-7,11-12H,3-5H2,1-2H3/b9-6-. The van der Waals surface area contributed by atoms with E-state index in [0.29, 0.717) is 17.6 Å². The third kappa shape index (κ3) is 5.58. The monoisotopic (exact) mass is 272 g/mol. The van der Waals surface area contributed by atoms with Crippen molar-refractivity contribution in [1.82, 2.24) is 15.6 Å². The van der Waals surface area contributed by atoms with Crippen LogP contribution in [0.25, 0.3) is 0 Å². The second kappa shape index (κ2) is 7.59. The van der Waals surface area contributed by atoms with Gasteiger partial charge in [-0.2, -0.15) is 0 Å². The topological polar surface area (TPSA) is 93.2 Å². The van der Waals surface area contributed by atoms with Crippen molar-refractivity contribution in [2.24, 2.45) is 0 Å². The van der Waals surface area contributed by atoms with Crippen LogP contribution >= 0.6 is 11.8 Å². The molecule has 0 aromatic carbocycles. The van der Waals surface area contributed by atoms with Crippen LogP contribution in [0.4, 0.5) is 0 Å². The highest BCUT2D eigenvalue weighted by atomic mass is 32.2. The van der Waals surface area contributed by atoms with E-state index in [1.165, 1.54) is 11.8 Å². The summed E-state index contributed by atoms with van der Waals surface area (Å²) in [6.07, 6.45) is 3.37. The second-order valence-electron chi connectivity index (χ2n) is 3.46. The van der Waals surface area contributed by atoms with E-state index in [4.69, 9.17) is 4.42 Å². The van der Waals surface area contributed by atoms with Crippen molar-refractivity contribution < 1.29 is 9.34 Å². The van der Waals surface area contributed by atoms with Gasteiger partial charge >= 0.3 is 0 Å². The van der Waals surface area contributed by atoms with Crippen molar-refractivity contribution in [1.29, 1.82) is 0 Å². The fraction of sp³-hybridized carbons (Fsp3) is 0.500. The summed E-state index contributed by atoms with van der Waals surface area (Å²) in [4.78, 5) is 13.9. The smallest absolute Gasteiger partial charge is 0.274 e. The van der Waals surface area contributed by atoms with Crippen molar-refractivity contribution >= 4 is 11.8 Å². The zero-order valence-electron chi connectivity index (χ0n) is 10.3. The summed E-state index contributed by atoms with van der Waals surface area (Å²) >= 11 is 1.52. The van der Waals surface area contributed by atoms with E-state index in [9.17, 15) is 10.1 Å². The predicted molar refractivity (Wildman–Crippen MR) is 68.7 cm³/mol. The molecule has 0 fully saturated rings. The van der Waals surface area contributed by atoms with E-state index in [1.807, 2.05) is 6.92 Å². The highest BCUT2D eigenvalue weighted by Crippen LogP contribution is 2.17. The van der Waals surface area contributed by atoms with E-state index >= 15 is 0 Å². The summed E-state index contributed by atoms with van der Waals surface area (Å²) in [5.74, 6) is 1.24. The molecule has 1 aromatic rings. The number of nitrogens with one attached hydrogen (secondary N) is 2. The summed E-state index contributed by atoms with van der Waals surface area (Å²) in [5.41, 5.74) is 0.863. The molecule has 0 unspecified atom stereocenters. The van der Waals surface area contributed by atoms with Crippen LogP contribution in [0.2, 0.25) is 0 Å². The molecule has 1 rings (SSSR count). The lowest BCUT2D eigenvalue weighted by molar-refractivity contribution is -0.404. The SMILES string of the molecule is CN/C(=C/[N+](=O)[O-])NCCCSc1nc(C)co1. The number of rotatable bonds is 8. The lowest BCUT2D eigenvalue weighted by atomic mass is 10.5. The molecular formula is C10H16N4O3S. The van der Waals surface area contributed by atoms with Crippen LogP contribution in [0.1, 0.15) is 12.1 Å². The molecule has 7 nitrogen and oxygen atoms in total. The Morgan fingerprint density at radius 2 is 2.50 bits per heavy atom. The molecule has 0 saturated carbocycles. The van der Waals surface area contributed by atoms with Gasteiger partial charge in [0.2, 0.25) is 0 Å². The molecule has 0 amide bonds. The van der Waals surface area contributed by atoms with Gasteiger partial charge in [0.15, 0.2) is 5.82 Å². The third-order valence-electron chi connectivity index (χ3n) is 1.96. The van der Waals surface area contributed by atoms with E-state index in [2.05, 4.69) is 15.6 Å². The number of nitro groups is 1. The van der Waals surface area contributed by atoms with Gasteiger partial charge in [0.05, 0.1) is 10.6 Å². The summed E-state index contributed by atoms with van der Waals surface area (Å²) < 4.78 is 5.18. The lowest BCUT2D eigenvalue weighted by Crippen LogP contribution is -2.25. The number of aryl methyl sites for hydroxylation is 1. The predicted octanol–water partition coefficient (Wildman–Crippen LogP) is 1.35. The summed E-state index contributed by atoms with van der Waals surface area (Å²) in [6, 6.07) is 0. The Morgan fingerprint density at radius 3 is 3.06 bits per heavy atom. The number of thioether (sulfide) groups is 1. The fourth-order valence-corrected chi connectivity index (χ4v) is 1.95. The Hall–Kier alpha value is -1.70. The molecule has 0 radical (unpaired) electrons. The minimum Gasteiger partial charge on any atom is -0.440 e. The second-order valence-corrected chi connectivity index (χ2v) is 4.51. The highest BCUT2D eigenvalue weighted by molar-refractivity contribution is 7.99. The Bertz CT molecular complexity index is 419. The molecule has 0 atom stereocenters.